The van der Waals surface area contributed by atoms with E-state index in [1.165, 1.54) is 31.0 Å². The summed E-state index contributed by atoms with van der Waals surface area (Å²) < 4.78 is 16.6. The first-order valence-corrected chi connectivity index (χ1v) is 9.54. The van der Waals surface area contributed by atoms with Crippen LogP contribution in [-0.2, 0) is 13.9 Å². The highest BCUT2D eigenvalue weighted by Gasteiger charge is 2.31. The van der Waals surface area contributed by atoms with Crippen LogP contribution in [0.15, 0.2) is 0 Å². The summed E-state index contributed by atoms with van der Waals surface area (Å²) in [5.41, 5.74) is 0. The average molecular weight is 260 g/mol. The zero-order valence-corrected chi connectivity index (χ0v) is 12.7. The molecule has 0 saturated carbocycles. The Morgan fingerprint density at radius 1 is 1.18 bits per heavy atom. The van der Waals surface area contributed by atoms with Crippen LogP contribution in [0.4, 0.5) is 0 Å². The normalized spacial score (nSPS) is 19.6. The fourth-order valence-corrected chi connectivity index (χ4v) is 6.44. The van der Waals surface area contributed by atoms with E-state index in [4.69, 9.17) is 13.9 Å². The molecule has 0 aromatic carbocycles. The molecule has 17 heavy (non-hydrogen) atoms. The highest BCUT2D eigenvalue weighted by Crippen LogP contribution is 2.26. The fourth-order valence-electron chi connectivity index (χ4n) is 2.47. The molecule has 0 bridgehead atoms. The maximum Gasteiger partial charge on any atom is 0.192 e. The van der Waals surface area contributed by atoms with Gasteiger partial charge < -0.3 is 13.9 Å². The molecule has 0 radical (unpaired) electrons. The second-order valence-electron chi connectivity index (χ2n) is 5.02. The van der Waals surface area contributed by atoms with Gasteiger partial charge >= 0.3 is 0 Å². The lowest BCUT2D eigenvalue weighted by molar-refractivity contribution is 0.116. The Morgan fingerprint density at radius 2 is 1.82 bits per heavy atom. The van der Waals surface area contributed by atoms with Gasteiger partial charge in [-0.05, 0) is 24.6 Å². The number of epoxide rings is 1. The maximum absolute atomic E-state index is 5.92. The minimum Gasteiger partial charge on any atom is -0.420 e. The van der Waals surface area contributed by atoms with Gasteiger partial charge in [-0.25, -0.2) is 0 Å². The van der Waals surface area contributed by atoms with Crippen LogP contribution < -0.4 is 0 Å². The van der Waals surface area contributed by atoms with Gasteiger partial charge in [-0.15, -0.1) is 0 Å². The highest BCUT2D eigenvalue weighted by atomic mass is 28.4. The molecule has 3 nitrogen and oxygen atoms in total. The van der Waals surface area contributed by atoms with Crippen molar-refractivity contribution in [3.05, 3.63) is 0 Å². The Balaban J connectivity index is 2.16. The topological polar surface area (TPSA) is 31.0 Å². The molecule has 0 aromatic rings. The molecule has 1 rings (SSSR count). The number of hydrogen-bond acceptors (Lipinski definition) is 3. The third kappa shape index (κ3) is 6.00. The third-order valence-electron chi connectivity index (χ3n) is 3.47. The quantitative estimate of drug-likeness (QED) is 0.325. The molecule has 1 aliphatic rings. The molecule has 0 spiro atoms. The fraction of sp³-hybridized carbons (Fsp3) is 1.00. The standard InChI is InChI=1S/C13H28O3Si/c1-4-8-17(14-3,9-5-2)10-6-7-15-11-13-12-16-13/h13H,4-12H2,1-3H3. The molecular weight excluding hydrogens is 232 g/mol. The van der Waals surface area contributed by atoms with Crippen molar-refractivity contribution in [1.82, 2.24) is 0 Å². The van der Waals surface area contributed by atoms with Gasteiger partial charge in [-0.2, -0.15) is 0 Å². The summed E-state index contributed by atoms with van der Waals surface area (Å²) in [6, 6.07) is 3.84. The van der Waals surface area contributed by atoms with Crippen LogP contribution in [0.1, 0.15) is 33.1 Å². The molecule has 1 unspecified atom stereocenters. The molecule has 0 aromatic heterocycles. The van der Waals surface area contributed by atoms with Crippen LogP contribution in [0, 0.1) is 0 Å². The van der Waals surface area contributed by atoms with Gasteiger partial charge in [-0.3, -0.25) is 0 Å². The van der Waals surface area contributed by atoms with Crippen LogP contribution in [0.25, 0.3) is 0 Å². The summed E-state index contributed by atoms with van der Waals surface area (Å²) in [4.78, 5) is 0. The van der Waals surface area contributed by atoms with E-state index in [1.807, 2.05) is 7.11 Å². The van der Waals surface area contributed by atoms with Crippen molar-refractivity contribution < 1.29 is 13.9 Å². The van der Waals surface area contributed by atoms with Gasteiger partial charge in [0, 0.05) is 13.7 Å². The van der Waals surface area contributed by atoms with E-state index in [0.717, 1.165) is 26.2 Å². The molecule has 1 heterocycles. The molecule has 1 saturated heterocycles. The largest absolute Gasteiger partial charge is 0.420 e. The number of ether oxygens (including phenoxy) is 2. The second-order valence-corrected chi connectivity index (χ2v) is 9.30. The van der Waals surface area contributed by atoms with Crippen LogP contribution in [0.2, 0.25) is 18.1 Å². The lowest BCUT2D eigenvalue weighted by Gasteiger charge is -2.29. The molecule has 0 N–H and O–H groups in total. The Labute approximate surface area is 107 Å². The molecule has 4 heteroatoms. The van der Waals surface area contributed by atoms with Crippen LogP contribution >= 0.6 is 0 Å². The van der Waals surface area contributed by atoms with E-state index >= 15 is 0 Å². The summed E-state index contributed by atoms with van der Waals surface area (Å²) in [6.45, 7) is 7.06. The van der Waals surface area contributed by atoms with E-state index in [9.17, 15) is 0 Å². The van der Waals surface area contributed by atoms with E-state index in [1.54, 1.807) is 0 Å². The van der Waals surface area contributed by atoms with Gasteiger partial charge in [0.1, 0.15) is 6.10 Å². The molecule has 1 fully saturated rings. The molecular formula is C13H28O3Si. The zero-order valence-electron chi connectivity index (χ0n) is 11.7. The zero-order chi connectivity index (χ0) is 12.6. The van der Waals surface area contributed by atoms with Gasteiger partial charge in [0.05, 0.1) is 13.2 Å². The third-order valence-corrected chi connectivity index (χ3v) is 8.42. The predicted molar refractivity (Wildman–Crippen MR) is 72.9 cm³/mol. The van der Waals surface area contributed by atoms with Crippen molar-refractivity contribution in [3.8, 4) is 0 Å². The van der Waals surface area contributed by atoms with E-state index in [-0.39, 0.29) is 0 Å². The number of hydrogen-bond donors (Lipinski definition) is 0. The summed E-state index contributed by atoms with van der Waals surface area (Å²) >= 11 is 0. The monoisotopic (exact) mass is 260 g/mol. The highest BCUT2D eigenvalue weighted by molar-refractivity contribution is 6.73. The van der Waals surface area contributed by atoms with Crippen molar-refractivity contribution in [2.45, 2.75) is 57.3 Å². The predicted octanol–water partition coefficient (Wildman–Crippen LogP) is 3.20. The smallest absolute Gasteiger partial charge is 0.192 e. The minimum atomic E-state index is -1.44. The van der Waals surface area contributed by atoms with Crippen LogP contribution in [-0.4, -0.2) is 41.4 Å². The Bertz CT molecular complexity index is 189. The summed E-state index contributed by atoms with van der Waals surface area (Å²) in [7, 11) is 0.471. The Hall–Kier alpha value is 0.0969. The maximum atomic E-state index is 5.92. The molecule has 0 aliphatic carbocycles. The lowest BCUT2D eigenvalue weighted by Crippen LogP contribution is -2.36. The average Bonchev–Trinajstić information content (AvgIpc) is 3.13. The van der Waals surface area contributed by atoms with Crippen molar-refractivity contribution in [1.29, 1.82) is 0 Å². The molecule has 1 aliphatic heterocycles. The van der Waals surface area contributed by atoms with Crippen molar-refractivity contribution in [3.63, 3.8) is 0 Å². The minimum absolute atomic E-state index is 0.394. The molecule has 1 atom stereocenters. The van der Waals surface area contributed by atoms with Gasteiger partial charge in [0.25, 0.3) is 0 Å². The first-order chi connectivity index (χ1) is 8.26. The molecule has 102 valence electrons. The van der Waals surface area contributed by atoms with E-state index in [2.05, 4.69) is 13.8 Å². The van der Waals surface area contributed by atoms with Crippen LogP contribution in [0.5, 0.6) is 0 Å². The summed E-state index contributed by atoms with van der Waals surface area (Å²) in [5, 5.41) is 0. The van der Waals surface area contributed by atoms with Gasteiger partial charge in [0.2, 0.25) is 0 Å². The first kappa shape index (κ1) is 15.2. The first-order valence-electron chi connectivity index (χ1n) is 7.01. The lowest BCUT2D eigenvalue weighted by atomic mass is 10.5. The van der Waals surface area contributed by atoms with Gasteiger partial charge in [-0.1, -0.05) is 26.7 Å². The van der Waals surface area contributed by atoms with Crippen molar-refractivity contribution >= 4 is 8.32 Å². The molecule has 0 amide bonds. The van der Waals surface area contributed by atoms with Crippen molar-refractivity contribution in [2.75, 3.05) is 26.9 Å². The SMILES string of the molecule is CCC[Si](CCC)(CCCOCC1CO1)OC. The van der Waals surface area contributed by atoms with Crippen molar-refractivity contribution in [2.24, 2.45) is 0 Å². The van der Waals surface area contributed by atoms with Gasteiger partial charge in [0.15, 0.2) is 8.32 Å². The number of rotatable bonds is 11. The Kier molecular flexibility index (Phi) is 7.35. The summed E-state index contributed by atoms with van der Waals surface area (Å²) in [6.07, 6.45) is 4.03. The Morgan fingerprint density at radius 3 is 2.29 bits per heavy atom. The van der Waals surface area contributed by atoms with E-state index in [0.29, 0.717) is 6.10 Å². The summed E-state index contributed by atoms with van der Waals surface area (Å²) in [5.74, 6) is 0. The second kappa shape index (κ2) is 8.24. The van der Waals surface area contributed by atoms with E-state index < -0.39 is 8.32 Å². The van der Waals surface area contributed by atoms with Crippen LogP contribution in [0.3, 0.4) is 0 Å².